The second-order valence-corrected chi connectivity index (χ2v) is 9.54. The summed E-state index contributed by atoms with van der Waals surface area (Å²) in [6, 6.07) is 17.7. The molecule has 38 heavy (non-hydrogen) atoms. The number of amides is 2. The van der Waals surface area contributed by atoms with Crippen LogP contribution < -0.4 is 15.5 Å². The normalized spacial score (nSPS) is 13.8. The van der Waals surface area contributed by atoms with E-state index in [1.54, 1.807) is 48.7 Å². The fraction of sp³-hybridized carbons (Fsp3) is 0.250. The molecule has 3 aromatic heterocycles. The van der Waals surface area contributed by atoms with Crippen LogP contribution in [0.15, 0.2) is 79.3 Å². The molecule has 2 amide bonds. The lowest BCUT2D eigenvalue weighted by molar-refractivity contribution is 0.0944. The quantitative estimate of drug-likeness (QED) is 0.345. The van der Waals surface area contributed by atoms with Crippen LogP contribution in [0.4, 0.5) is 11.5 Å². The molecule has 1 saturated heterocycles. The molecular formula is C28H28ClN7O2. The molecule has 0 radical (unpaired) electrons. The van der Waals surface area contributed by atoms with Crippen molar-refractivity contribution in [3.63, 3.8) is 0 Å². The predicted molar refractivity (Wildman–Crippen MR) is 147 cm³/mol. The summed E-state index contributed by atoms with van der Waals surface area (Å²) in [5.41, 5.74) is 1.72. The number of aromatic nitrogens is 4. The zero-order valence-corrected chi connectivity index (χ0v) is 21.5. The maximum absolute atomic E-state index is 13.0. The minimum atomic E-state index is -0.405. The van der Waals surface area contributed by atoms with Crippen molar-refractivity contribution in [1.29, 1.82) is 0 Å². The first kappa shape index (κ1) is 25.4. The lowest BCUT2D eigenvalue weighted by Crippen LogP contribution is -2.35. The van der Waals surface area contributed by atoms with Crippen LogP contribution in [0.3, 0.4) is 0 Å². The highest BCUT2D eigenvalue weighted by atomic mass is 35.5. The Labute approximate surface area is 225 Å². The third kappa shape index (κ3) is 6.00. The molecule has 0 atom stereocenters. The molecule has 0 bridgehead atoms. The Bertz CT molecular complexity index is 1390. The summed E-state index contributed by atoms with van der Waals surface area (Å²) in [6.07, 6.45) is 8.30. The first-order valence-corrected chi connectivity index (χ1v) is 13.0. The largest absolute Gasteiger partial charge is 0.371 e. The second kappa shape index (κ2) is 11.9. The van der Waals surface area contributed by atoms with Crippen molar-refractivity contribution in [1.82, 2.24) is 25.1 Å². The van der Waals surface area contributed by atoms with Crippen molar-refractivity contribution in [2.24, 2.45) is 5.92 Å². The monoisotopic (exact) mass is 529 g/mol. The van der Waals surface area contributed by atoms with Gasteiger partial charge in [0, 0.05) is 50.0 Å². The molecule has 4 heterocycles. The van der Waals surface area contributed by atoms with Gasteiger partial charge in [0.25, 0.3) is 11.8 Å². The number of nitrogens with one attached hydrogen (secondary N) is 2. The number of halogens is 1. The number of pyridine rings is 2. The number of nitrogens with zero attached hydrogens (tertiary/aromatic N) is 5. The number of piperidine rings is 1. The van der Waals surface area contributed by atoms with Crippen LogP contribution in [0.5, 0.6) is 0 Å². The van der Waals surface area contributed by atoms with Crippen LogP contribution in [0, 0.1) is 5.92 Å². The molecule has 0 spiro atoms. The Morgan fingerprint density at radius 3 is 2.45 bits per heavy atom. The van der Waals surface area contributed by atoms with Crippen LogP contribution in [-0.4, -0.2) is 51.2 Å². The molecule has 1 aliphatic heterocycles. The van der Waals surface area contributed by atoms with E-state index < -0.39 is 5.91 Å². The van der Waals surface area contributed by atoms with Gasteiger partial charge in [-0.15, -0.1) is 0 Å². The number of carbonyl (C=O) groups is 2. The van der Waals surface area contributed by atoms with Crippen molar-refractivity contribution in [2.75, 3.05) is 29.9 Å². The summed E-state index contributed by atoms with van der Waals surface area (Å²) in [5.74, 6) is 0.633. The Kier molecular flexibility index (Phi) is 7.94. The van der Waals surface area contributed by atoms with E-state index in [0.29, 0.717) is 34.7 Å². The number of benzene rings is 1. The van der Waals surface area contributed by atoms with Gasteiger partial charge in [0.1, 0.15) is 5.82 Å². The van der Waals surface area contributed by atoms with E-state index in [-0.39, 0.29) is 11.6 Å². The molecule has 9 nitrogen and oxygen atoms in total. The maximum atomic E-state index is 13.0. The van der Waals surface area contributed by atoms with E-state index in [4.69, 9.17) is 11.6 Å². The van der Waals surface area contributed by atoms with E-state index in [1.807, 2.05) is 30.6 Å². The highest BCUT2D eigenvalue weighted by Crippen LogP contribution is 2.25. The van der Waals surface area contributed by atoms with E-state index >= 15 is 0 Å². The number of hydrogen-bond acceptors (Lipinski definition) is 6. The molecule has 194 valence electrons. The third-order valence-corrected chi connectivity index (χ3v) is 6.98. The molecule has 5 rings (SSSR count). The van der Waals surface area contributed by atoms with Gasteiger partial charge in [-0.3, -0.25) is 14.6 Å². The minimum absolute atomic E-state index is 0.192. The summed E-state index contributed by atoms with van der Waals surface area (Å²) in [6.45, 7) is 2.54. The van der Waals surface area contributed by atoms with Gasteiger partial charge in [-0.25, -0.2) is 4.98 Å². The highest BCUT2D eigenvalue weighted by Gasteiger charge is 2.21. The van der Waals surface area contributed by atoms with Gasteiger partial charge < -0.3 is 15.5 Å². The fourth-order valence-electron chi connectivity index (χ4n) is 4.58. The first-order valence-electron chi connectivity index (χ1n) is 12.6. The minimum Gasteiger partial charge on any atom is -0.371 e. The van der Waals surface area contributed by atoms with Crippen molar-refractivity contribution in [3.05, 3.63) is 95.5 Å². The van der Waals surface area contributed by atoms with Crippen molar-refractivity contribution in [2.45, 2.75) is 19.3 Å². The molecule has 10 heteroatoms. The Morgan fingerprint density at radius 1 is 0.947 bits per heavy atom. The molecular weight excluding hydrogens is 502 g/mol. The number of anilines is 2. The summed E-state index contributed by atoms with van der Waals surface area (Å²) in [7, 11) is 0. The van der Waals surface area contributed by atoms with Gasteiger partial charge in [0.2, 0.25) is 0 Å². The average Bonchev–Trinajstić information content (AvgIpc) is 3.38. The summed E-state index contributed by atoms with van der Waals surface area (Å²) in [4.78, 5) is 36.6. The van der Waals surface area contributed by atoms with Gasteiger partial charge in [-0.2, -0.15) is 9.78 Å². The van der Waals surface area contributed by atoms with Crippen LogP contribution in [0.25, 0.3) is 5.82 Å². The molecule has 1 aliphatic rings. The lowest BCUT2D eigenvalue weighted by atomic mass is 9.93. The van der Waals surface area contributed by atoms with Crippen molar-refractivity contribution >= 4 is 34.9 Å². The standard InChI is InChI=1S/C28H28ClN7O2/c29-23-6-2-1-5-22(23)27(37)33-26-19-24(34-36(26)25-7-3-4-13-31-25)28(38)32-16-8-20-11-17-35(18-12-20)21-9-14-30-15-10-21/h1-7,9-10,13-15,19-20H,8,11-12,16-18H2,(H,32,38)(H,33,37). The molecule has 1 aromatic carbocycles. The van der Waals surface area contributed by atoms with Gasteiger partial charge in [-0.1, -0.05) is 29.8 Å². The zero-order chi connectivity index (χ0) is 26.3. The van der Waals surface area contributed by atoms with E-state index in [2.05, 4.69) is 30.6 Å². The number of hydrogen-bond donors (Lipinski definition) is 2. The average molecular weight is 530 g/mol. The zero-order valence-electron chi connectivity index (χ0n) is 20.8. The van der Waals surface area contributed by atoms with Gasteiger partial charge >= 0.3 is 0 Å². The van der Waals surface area contributed by atoms with Crippen molar-refractivity contribution < 1.29 is 9.59 Å². The van der Waals surface area contributed by atoms with Crippen LogP contribution in [0.1, 0.15) is 40.1 Å². The fourth-order valence-corrected chi connectivity index (χ4v) is 4.80. The van der Waals surface area contributed by atoms with E-state index in [0.717, 1.165) is 32.4 Å². The molecule has 0 aliphatic carbocycles. The van der Waals surface area contributed by atoms with Gasteiger partial charge in [-0.05, 0) is 61.6 Å². The summed E-state index contributed by atoms with van der Waals surface area (Å²) >= 11 is 6.19. The Balaban J connectivity index is 1.21. The predicted octanol–water partition coefficient (Wildman–Crippen LogP) is 4.60. The molecule has 4 aromatic rings. The molecule has 0 unspecified atom stereocenters. The summed E-state index contributed by atoms with van der Waals surface area (Å²) in [5, 5.41) is 10.6. The summed E-state index contributed by atoms with van der Waals surface area (Å²) < 4.78 is 1.44. The topological polar surface area (TPSA) is 105 Å². The van der Waals surface area contributed by atoms with E-state index in [9.17, 15) is 9.59 Å². The smallest absolute Gasteiger partial charge is 0.271 e. The van der Waals surface area contributed by atoms with Crippen molar-refractivity contribution in [3.8, 4) is 5.82 Å². The second-order valence-electron chi connectivity index (χ2n) is 9.13. The maximum Gasteiger partial charge on any atom is 0.271 e. The SMILES string of the molecule is O=C(NCCC1CCN(c2ccncc2)CC1)c1cc(NC(=O)c2ccccc2Cl)n(-c2ccccn2)n1. The number of carbonyl (C=O) groups excluding carboxylic acids is 2. The van der Waals surface area contributed by atoms with Gasteiger partial charge in [0.15, 0.2) is 11.5 Å². The molecule has 0 saturated carbocycles. The van der Waals surface area contributed by atoms with Gasteiger partial charge in [0.05, 0.1) is 10.6 Å². The lowest BCUT2D eigenvalue weighted by Gasteiger charge is -2.33. The van der Waals surface area contributed by atoms with E-state index in [1.165, 1.54) is 10.4 Å². The van der Waals surface area contributed by atoms with Crippen LogP contribution in [-0.2, 0) is 0 Å². The molecule has 2 N–H and O–H groups in total. The Morgan fingerprint density at radius 2 is 1.71 bits per heavy atom. The Hall–Kier alpha value is -4.24. The number of rotatable bonds is 8. The first-order chi connectivity index (χ1) is 18.6. The third-order valence-electron chi connectivity index (χ3n) is 6.65. The van der Waals surface area contributed by atoms with Crippen LogP contribution in [0.2, 0.25) is 5.02 Å². The molecule has 1 fully saturated rings. The van der Waals surface area contributed by atoms with Crippen LogP contribution >= 0.6 is 11.6 Å². The highest BCUT2D eigenvalue weighted by molar-refractivity contribution is 6.34.